The Morgan fingerprint density at radius 1 is 1.12 bits per heavy atom. The first-order chi connectivity index (χ1) is 15.6. The first-order valence-corrected chi connectivity index (χ1v) is 10.8. The lowest BCUT2D eigenvalue weighted by molar-refractivity contribution is 0.331. The van der Waals surface area contributed by atoms with E-state index in [1.165, 1.54) is 5.56 Å². The van der Waals surface area contributed by atoms with Crippen LogP contribution in [0.15, 0.2) is 42.9 Å². The number of pyridine rings is 1. The fraction of sp³-hybridized carbons (Fsp3) is 0.280. The lowest BCUT2D eigenvalue weighted by atomic mass is 9.81. The molecule has 3 aromatic heterocycles. The monoisotopic (exact) mass is 423 g/mol. The van der Waals surface area contributed by atoms with Gasteiger partial charge in [0, 0.05) is 29.4 Å². The van der Waals surface area contributed by atoms with E-state index >= 15 is 0 Å². The number of hydrogen-bond acceptors (Lipinski definition) is 6. The van der Waals surface area contributed by atoms with Gasteiger partial charge in [0.25, 0.3) is 0 Å². The quantitative estimate of drug-likeness (QED) is 0.520. The van der Waals surface area contributed by atoms with Gasteiger partial charge in [-0.25, -0.2) is 19.9 Å². The fourth-order valence-corrected chi connectivity index (χ4v) is 4.51. The van der Waals surface area contributed by atoms with E-state index in [-0.39, 0.29) is 5.41 Å². The van der Waals surface area contributed by atoms with E-state index in [9.17, 15) is 0 Å². The number of nitrogens with zero attached hydrogens (tertiary/aromatic N) is 5. The molecule has 4 heterocycles. The largest absolute Gasteiger partial charge is 0.491 e. The first-order valence-electron chi connectivity index (χ1n) is 10.8. The van der Waals surface area contributed by atoms with Gasteiger partial charge in [0.2, 0.25) is 0 Å². The summed E-state index contributed by atoms with van der Waals surface area (Å²) >= 11 is 0. The third-order valence-corrected chi connectivity index (χ3v) is 6.17. The van der Waals surface area contributed by atoms with Gasteiger partial charge in [0.15, 0.2) is 12.0 Å². The van der Waals surface area contributed by atoms with E-state index in [1.54, 1.807) is 6.33 Å². The number of allylic oxidation sites excluding steroid dienone is 1. The third kappa shape index (κ3) is 3.30. The van der Waals surface area contributed by atoms with Gasteiger partial charge < -0.3 is 14.6 Å². The predicted octanol–water partition coefficient (Wildman–Crippen LogP) is 4.21. The Hall–Kier alpha value is -3.74. The maximum Gasteiger partial charge on any atom is 0.178 e. The van der Waals surface area contributed by atoms with Gasteiger partial charge in [0.05, 0.1) is 17.8 Å². The summed E-state index contributed by atoms with van der Waals surface area (Å²) in [5.74, 6) is 1.92. The number of fused-ring (bicyclic) bond motifs is 3. The van der Waals surface area contributed by atoms with Crippen LogP contribution in [0.1, 0.15) is 30.7 Å². The average molecular weight is 424 g/mol. The zero-order valence-electron chi connectivity index (χ0n) is 18.1. The number of nitrogens with one attached hydrogen (secondary N) is 1. The highest BCUT2D eigenvalue weighted by Crippen LogP contribution is 2.37. The summed E-state index contributed by atoms with van der Waals surface area (Å²) in [5, 5.41) is 0. The summed E-state index contributed by atoms with van der Waals surface area (Å²) in [4.78, 5) is 23.1. The van der Waals surface area contributed by atoms with Crippen LogP contribution in [0.2, 0.25) is 0 Å². The molecule has 1 aliphatic heterocycles. The number of H-pyrrole nitrogens is 1. The molecular weight excluding hydrogens is 400 g/mol. The molecule has 0 saturated heterocycles. The molecule has 1 aromatic carbocycles. The molecule has 2 aliphatic rings. The van der Waals surface area contributed by atoms with Crippen molar-refractivity contribution in [3.63, 3.8) is 0 Å². The Morgan fingerprint density at radius 2 is 2.06 bits per heavy atom. The molecule has 0 atom stereocenters. The lowest BCUT2D eigenvalue weighted by Crippen LogP contribution is -2.29. The second-order valence-corrected chi connectivity index (χ2v) is 9.10. The Morgan fingerprint density at radius 3 is 3.00 bits per heavy atom. The van der Waals surface area contributed by atoms with E-state index in [2.05, 4.69) is 81.4 Å². The molecule has 32 heavy (non-hydrogen) atoms. The van der Waals surface area contributed by atoms with Crippen molar-refractivity contribution in [2.45, 2.75) is 26.8 Å². The maximum atomic E-state index is 6.10. The lowest BCUT2D eigenvalue weighted by Gasteiger charge is -2.30. The highest BCUT2D eigenvalue weighted by molar-refractivity contribution is 5.78. The van der Waals surface area contributed by atoms with E-state index < -0.39 is 0 Å². The summed E-state index contributed by atoms with van der Waals surface area (Å²) in [5.41, 5.74) is 7.12. The molecule has 7 heteroatoms. The maximum absolute atomic E-state index is 6.10. The molecule has 0 saturated carbocycles. The Labute approximate surface area is 186 Å². The van der Waals surface area contributed by atoms with Crippen LogP contribution < -0.4 is 9.64 Å². The molecule has 1 radical (unpaired) electrons. The average Bonchev–Trinajstić information content (AvgIpc) is 3.16. The van der Waals surface area contributed by atoms with E-state index in [0.29, 0.717) is 12.3 Å². The molecule has 0 fully saturated rings. The Balaban J connectivity index is 1.37. The zero-order chi connectivity index (χ0) is 21.7. The second-order valence-electron chi connectivity index (χ2n) is 9.10. The van der Waals surface area contributed by atoms with Crippen molar-refractivity contribution in [1.29, 1.82) is 0 Å². The minimum atomic E-state index is 0.0929. The van der Waals surface area contributed by atoms with Crippen molar-refractivity contribution in [2.24, 2.45) is 5.41 Å². The van der Waals surface area contributed by atoms with Crippen LogP contribution in [0.4, 0.5) is 5.82 Å². The van der Waals surface area contributed by atoms with Crippen molar-refractivity contribution in [3.05, 3.63) is 66.0 Å². The van der Waals surface area contributed by atoms with E-state index in [0.717, 1.165) is 59.0 Å². The molecule has 1 aliphatic carbocycles. The van der Waals surface area contributed by atoms with Crippen molar-refractivity contribution in [3.8, 4) is 16.9 Å². The van der Waals surface area contributed by atoms with Crippen LogP contribution in [0.5, 0.6) is 5.75 Å². The van der Waals surface area contributed by atoms with Gasteiger partial charge in [-0.2, -0.15) is 0 Å². The van der Waals surface area contributed by atoms with E-state index in [4.69, 9.17) is 9.72 Å². The van der Waals surface area contributed by atoms with E-state index in [1.807, 2.05) is 6.20 Å². The third-order valence-electron chi connectivity index (χ3n) is 6.17. The topological polar surface area (TPSA) is 79.8 Å². The SMILES string of the molecule is CC1(C)C=Cc2ncnc(N3CCOc4ccc(-c5cnc6n[c][nH]c6c5)cc4C3)c2C1. The van der Waals surface area contributed by atoms with Crippen molar-refractivity contribution >= 4 is 23.1 Å². The van der Waals surface area contributed by atoms with Gasteiger partial charge in [-0.15, -0.1) is 0 Å². The minimum absolute atomic E-state index is 0.0929. The van der Waals surface area contributed by atoms with Crippen molar-refractivity contribution in [2.75, 3.05) is 18.1 Å². The summed E-state index contributed by atoms with van der Waals surface area (Å²) in [6.07, 6.45) is 11.6. The van der Waals surface area contributed by atoms with Crippen molar-refractivity contribution in [1.82, 2.24) is 24.9 Å². The van der Waals surface area contributed by atoms with Gasteiger partial charge in [-0.3, -0.25) is 0 Å². The van der Waals surface area contributed by atoms with Crippen LogP contribution in [0, 0.1) is 11.7 Å². The highest BCUT2D eigenvalue weighted by atomic mass is 16.5. The van der Waals surface area contributed by atoms with Gasteiger partial charge in [-0.05, 0) is 41.7 Å². The summed E-state index contributed by atoms with van der Waals surface area (Å²) in [6.45, 7) is 6.61. The summed E-state index contributed by atoms with van der Waals surface area (Å²) in [7, 11) is 0. The molecule has 159 valence electrons. The summed E-state index contributed by atoms with van der Waals surface area (Å²) < 4.78 is 6.10. The highest BCUT2D eigenvalue weighted by Gasteiger charge is 2.27. The van der Waals surface area contributed by atoms with Gasteiger partial charge in [0.1, 0.15) is 24.5 Å². The number of anilines is 1. The molecule has 7 nitrogen and oxygen atoms in total. The molecular formula is C25H23N6O. The van der Waals surface area contributed by atoms with Crippen LogP contribution in [-0.2, 0) is 13.0 Å². The number of aromatic amines is 1. The normalized spacial score (nSPS) is 16.9. The van der Waals surface area contributed by atoms with Gasteiger partial charge >= 0.3 is 0 Å². The minimum Gasteiger partial charge on any atom is -0.491 e. The van der Waals surface area contributed by atoms with Crippen LogP contribution in [0.25, 0.3) is 28.4 Å². The smallest absolute Gasteiger partial charge is 0.178 e. The Kier molecular flexibility index (Phi) is 4.24. The molecule has 6 rings (SSSR count). The molecule has 0 spiro atoms. The molecule has 4 aromatic rings. The van der Waals surface area contributed by atoms with Gasteiger partial charge in [-0.1, -0.05) is 26.0 Å². The van der Waals surface area contributed by atoms with Crippen LogP contribution in [0.3, 0.4) is 0 Å². The number of rotatable bonds is 2. The van der Waals surface area contributed by atoms with Crippen molar-refractivity contribution < 1.29 is 4.74 Å². The fourth-order valence-electron chi connectivity index (χ4n) is 4.51. The Bertz CT molecular complexity index is 1360. The first kappa shape index (κ1) is 19.0. The number of hydrogen-bond donors (Lipinski definition) is 1. The molecule has 0 unspecified atom stereocenters. The standard InChI is InChI=1S/C25H23N6O/c1-25(2)6-5-20-19(11-25)24(30-15-27-20)31-7-8-32-22-4-3-16(9-18(22)13-31)17-10-21-23(26-12-17)29-14-28-21/h3-6,9-10,12,15H,7-8,11,13H2,1-2H3,(H,26,28,29). The van der Waals surface area contributed by atoms with Crippen LogP contribution >= 0.6 is 0 Å². The number of benzene rings is 1. The number of aromatic nitrogens is 5. The predicted molar refractivity (Wildman–Crippen MR) is 123 cm³/mol. The molecule has 0 amide bonds. The number of ether oxygens (including phenoxy) is 1. The molecule has 1 N–H and O–H groups in total. The molecule has 0 bridgehead atoms. The summed E-state index contributed by atoms with van der Waals surface area (Å²) in [6, 6.07) is 8.38. The zero-order valence-corrected chi connectivity index (χ0v) is 18.1. The number of imidazole rings is 1. The van der Waals surface area contributed by atoms with Crippen LogP contribution in [-0.4, -0.2) is 38.1 Å². The second kappa shape index (κ2) is 7.15.